The van der Waals surface area contributed by atoms with Crippen LogP contribution in [-0.4, -0.2) is 23.6 Å². The highest BCUT2D eigenvalue weighted by molar-refractivity contribution is 6.30. The Bertz CT molecular complexity index is 685. The molecule has 0 radical (unpaired) electrons. The van der Waals surface area contributed by atoms with Crippen LogP contribution in [0.15, 0.2) is 48.7 Å². The van der Waals surface area contributed by atoms with Crippen LogP contribution in [0.2, 0.25) is 5.02 Å². The van der Waals surface area contributed by atoms with Crippen molar-refractivity contribution in [3.05, 3.63) is 59.4 Å². The smallest absolute Gasteiger partial charge is 0.412 e. The highest BCUT2D eigenvalue weighted by atomic mass is 35.5. The molecule has 2 aromatic rings. The Balaban J connectivity index is 0.000000300. The van der Waals surface area contributed by atoms with Crippen molar-refractivity contribution in [2.45, 2.75) is 5.88 Å². The molecule has 1 heterocycles. The lowest BCUT2D eigenvalue weighted by Crippen LogP contribution is -2.13. The van der Waals surface area contributed by atoms with Gasteiger partial charge in [0.05, 0.1) is 17.5 Å². The summed E-state index contributed by atoms with van der Waals surface area (Å²) in [5, 5.41) is 3.05. The molecule has 0 aliphatic heterocycles. The normalized spacial score (nSPS) is 8.96. The van der Waals surface area contributed by atoms with Crippen molar-refractivity contribution < 1.29 is 9.53 Å². The van der Waals surface area contributed by atoms with Gasteiger partial charge in [0, 0.05) is 16.9 Å². The van der Waals surface area contributed by atoms with Crippen molar-refractivity contribution in [1.29, 1.82) is 0 Å². The summed E-state index contributed by atoms with van der Waals surface area (Å²) in [5.74, 6) is 5.86. The molecule has 0 aliphatic rings. The number of anilines is 1. The Kier molecular flexibility index (Phi) is 10.5. The Morgan fingerprint density at radius 2 is 2.00 bits per heavy atom. The van der Waals surface area contributed by atoms with E-state index in [-0.39, 0.29) is 12.5 Å². The monoisotopic (exact) mass is 384 g/mol. The van der Waals surface area contributed by atoms with Gasteiger partial charge in [-0.2, -0.15) is 0 Å². The molecule has 24 heavy (non-hydrogen) atoms. The van der Waals surface area contributed by atoms with E-state index in [1.807, 2.05) is 18.2 Å². The lowest BCUT2D eigenvalue weighted by atomic mass is 10.3. The summed E-state index contributed by atoms with van der Waals surface area (Å²) in [6, 6.07) is 12.5. The van der Waals surface area contributed by atoms with Crippen molar-refractivity contribution in [1.82, 2.24) is 4.98 Å². The Morgan fingerprint density at radius 1 is 1.17 bits per heavy atom. The van der Waals surface area contributed by atoms with Gasteiger partial charge in [0.25, 0.3) is 0 Å². The highest BCUT2D eigenvalue weighted by Crippen LogP contribution is 2.14. The van der Waals surface area contributed by atoms with E-state index in [4.69, 9.17) is 39.5 Å². The van der Waals surface area contributed by atoms with Crippen molar-refractivity contribution in [2.24, 2.45) is 0 Å². The van der Waals surface area contributed by atoms with Gasteiger partial charge in [-0.25, -0.2) is 4.79 Å². The Morgan fingerprint density at radius 3 is 2.58 bits per heavy atom. The van der Waals surface area contributed by atoms with Gasteiger partial charge in [0.1, 0.15) is 0 Å². The first-order valence-electron chi connectivity index (χ1n) is 6.82. The molecule has 0 unspecified atom stereocenters. The van der Waals surface area contributed by atoms with Gasteiger partial charge in [-0.15, -0.1) is 23.2 Å². The van der Waals surface area contributed by atoms with Crippen LogP contribution in [0.1, 0.15) is 5.69 Å². The molecule has 0 aliphatic carbocycles. The molecule has 0 saturated heterocycles. The predicted octanol–water partition coefficient (Wildman–Crippen LogP) is 4.95. The number of ether oxygens (including phenoxy) is 1. The third kappa shape index (κ3) is 9.26. The molecule has 4 nitrogen and oxygen atoms in total. The standard InChI is InChI=1S/C11H9Cl2NO2.C6H6ClN/c12-6-1-2-7-16-11(15)14-10-5-3-4-9(13)8-10;7-5-6-3-1-2-4-8-6/h3-5,8H,6-7H2,(H,14,15);1-4H,5H2. The quantitative estimate of drug-likeness (QED) is 0.600. The Labute approximate surface area is 156 Å². The minimum atomic E-state index is -0.578. The van der Waals surface area contributed by atoms with Gasteiger partial charge < -0.3 is 4.74 Å². The summed E-state index contributed by atoms with van der Waals surface area (Å²) in [4.78, 5) is 15.2. The fraction of sp³-hybridized carbons (Fsp3) is 0.176. The molecular weight excluding hydrogens is 371 g/mol. The molecule has 0 fully saturated rings. The number of hydrogen-bond donors (Lipinski definition) is 1. The summed E-state index contributed by atoms with van der Waals surface area (Å²) < 4.78 is 4.76. The van der Waals surface area contributed by atoms with Crippen molar-refractivity contribution in [3.8, 4) is 11.8 Å². The minimum absolute atomic E-state index is 0.0130. The van der Waals surface area contributed by atoms with E-state index in [0.29, 0.717) is 16.6 Å². The van der Waals surface area contributed by atoms with Crippen LogP contribution in [0.25, 0.3) is 0 Å². The molecular formula is C17H15Cl3N2O2. The van der Waals surface area contributed by atoms with Crippen LogP contribution in [-0.2, 0) is 10.6 Å². The molecule has 1 amide bonds. The number of carbonyl (C=O) groups is 1. The maximum absolute atomic E-state index is 11.2. The second-order valence-corrected chi connectivity index (χ2v) is 5.12. The largest absolute Gasteiger partial charge is 0.436 e. The third-order valence-corrected chi connectivity index (χ3v) is 3.04. The fourth-order valence-electron chi connectivity index (χ4n) is 1.40. The average molecular weight is 386 g/mol. The lowest BCUT2D eigenvalue weighted by molar-refractivity contribution is 0.176. The number of rotatable bonds is 3. The number of hydrogen-bond acceptors (Lipinski definition) is 3. The van der Waals surface area contributed by atoms with Crippen molar-refractivity contribution >= 4 is 46.6 Å². The van der Waals surface area contributed by atoms with Gasteiger partial charge in [0.2, 0.25) is 0 Å². The maximum Gasteiger partial charge on any atom is 0.412 e. The maximum atomic E-state index is 11.2. The van der Waals surface area contributed by atoms with Crippen LogP contribution < -0.4 is 5.32 Å². The number of carbonyl (C=O) groups excluding carboxylic acids is 1. The van der Waals surface area contributed by atoms with Crippen LogP contribution in [0.4, 0.5) is 10.5 Å². The minimum Gasteiger partial charge on any atom is -0.436 e. The van der Waals surface area contributed by atoms with Crippen LogP contribution in [0.5, 0.6) is 0 Å². The number of aromatic nitrogens is 1. The number of nitrogens with one attached hydrogen (secondary N) is 1. The number of amides is 1. The zero-order valence-corrected chi connectivity index (χ0v) is 14.9. The van der Waals surface area contributed by atoms with Crippen LogP contribution in [0.3, 0.4) is 0 Å². The number of nitrogens with zero attached hydrogens (tertiary/aromatic N) is 1. The van der Waals surface area contributed by atoms with Crippen LogP contribution in [0, 0.1) is 11.8 Å². The van der Waals surface area contributed by atoms with Gasteiger partial charge >= 0.3 is 6.09 Å². The van der Waals surface area contributed by atoms with E-state index in [9.17, 15) is 4.79 Å². The van der Waals surface area contributed by atoms with E-state index in [1.54, 1.807) is 30.5 Å². The topological polar surface area (TPSA) is 51.2 Å². The van der Waals surface area contributed by atoms with Gasteiger partial charge in [-0.3, -0.25) is 10.3 Å². The van der Waals surface area contributed by atoms with E-state index in [0.717, 1.165) is 5.69 Å². The highest BCUT2D eigenvalue weighted by Gasteiger charge is 2.01. The summed E-state index contributed by atoms with van der Waals surface area (Å²) in [6.07, 6.45) is 1.16. The zero-order valence-electron chi connectivity index (χ0n) is 12.6. The van der Waals surface area contributed by atoms with Crippen molar-refractivity contribution in [3.63, 3.8) is 0 Å². The molecule has 1 aromatic carbocycles. The molecule has 0 bridgehead atoms. The summed E-state index contributed by atoms with van der Waals surface area (Å²) in [5.41, 5.74) is 1.50. The molecule has 1 N–H and O–H groups in total. The molecule has 2 rings (SSSR count). The Hall–Kier alpha value is -1.93. The van der Waals surface area contributed by atoms with E-state index < -0.39 is 6.09 Å². The second-order valence-electron chi connectivity index (χ2n) is 4.15. The van der Waals surface area contributed by atoms with E-state index in [1.165, 1.54) is 0 Å². The van der Waals surface area contributed by atoms with Crippen LogP contribution >= 0.6 is 34.8 Å². The summed E-state index contributed by atoms with van der Waals surface area (Å²) >= 11 is 16.5. The second kappa shape index (κ2) is 12.5. The summed E-state index contributed by atoms with van der Waals surface area (Å²) in [6.45, 7) is 0.0130. The molecule has 126 valence electrons. The fourth-order valence-corrected chi connectivity index (χ4v) is 1.84. The zero-order chi connectivity index (χ0) is 17.6. The predicted molar refractivity (Wildman–Crippen MR) is 98.7 cm³/mol. The van der Waals surface area contributed by atoms with Gasteiger partial charge in [0.15, 0.2) is 6.61 Å². The summed E-state index contributed by atoms with van der Waals surface area (Å²) in [7, 11) is 0. The van der Waals surface area contributed by atoms with Crippen molar-refractivity contribution in [2.75, 3.05) is 17.8 Å². The lowest BCUT2D eigenvalue weighted by Gasteiger charge is -2.04. The first kappa shape index (κ1) is 20.1. The SMILES string of the molecule is ClCc1ccccn1.O=C(Nc1cccc(Cl)c1)OCC#CCCl. The molecule has 1 aromatic heterocycles. The van der Waals surface area contributed by atoms with Gasteiger partial charge in [-0.05, 0) is 30.3 Å². The molecule has 0 atom stereocenters. The number of benzene rings is 1. The number of halogens is 3. The first-order chi connectivity index (χ1) is 11.7. The third-order valence-electron chi connectivity index (χ3n) is 2.40. The molecule has 0 saturated carbocycles. The van der Waals surface area contributed by atoms with E-state index >= 15 is 0 Å². The average Bonchev–Trinajstić information content (AvgIpc) is 2.60. The molecule has 7 heteroatoms. The number of pyridine rings is 1. The van der Waals surface area contributed by atoms with Gasteiger partial charge in [-0.1, -0.05) is 35.6 Å². The van der Waals surface area contributed by atoms with E-state index in [2.05, 4.69) is 22.1 Å². The molecule has 0 spiro atoms. The first-order valence-corrected chi connectivity index (χ1v) is 8.27. The number of alkyl halides is 2.